The highest BCUT2D eigenvalue weighted by atomic mass is 16.4. The molecule has 2 aliphatic carbocycles. The fraction of sp³-hybridized carbons (Fsp3) is 0.846. The number of nitrogens with one attached hydrogen (secondary N) is 1. The summed E-state index contributed by atoms with van der Waals surface area (Å²) in [6, 6.07) is 0.453. The smallest absolute Gasteiger partial charge is 0.230 e. The van der Waals surface area contributed by atoms with E-state index in [1.807, 2.05) is 0 Å². The number of hydrogen-bond donors (Lipinski definition) is 1. The van der Waals surface area contributed by atoms with Crippen LogP contribution in [0.2, 0.25) is 0 Å². The van der Waals surface area contributed by atoms with Gasteiger partial charge in [-0.2, -0.15) is 0 Å². The number of hydrogen-bond acceptors (Lipinski definition) is 4. The van der Waals surface area contributed by atoms with Gasteiger partial charge < -0.3 is 9.73 Å². The molecule has 0 bridgehead atoms. The highest BCUT2D eigenvalue weighted by Crippen LogP contribution is 2.60. The summed E-state index contributed by atoms with van der Waals surface area (Å²) in [7, 11) is 0. The number of fused-ring (bicyclic) bond motifs is 1. The minimum absolute atomic E-state index is 0.453. The molecule has 2 saturated carbocycles. The first-order chi connectivity index (χ1) is 8.25. The van der Waals surface area contributed by atoms with Crippen molar-refractivity contribution in [3.63, 3.8) is 0 Å². The molecule has 3 rings (SSSR count). The van der Waals surface area contributed by atoms with Gasteiger partial charge in [-0.25, -0.2) is 0 Å². The third kappa shape index (κ3) is 2.23. The van der Waals surface area contributed by atoms with Crippen LogP contribution in [-0.2, 0) is 6.54 Å². The molecular weight excluding hydrogens is 214 g/mol. The van der Waals surface area contributed by atoms with Gasteiger partial charge in [-0.3, -0.25) is 0 Å². The fourth-order valence-electron chi connectivity index (χ4n) is 3.12. The van der Waals surface area contributed by atoms with Crippen molar-refractivity contribution >= 4 is 0 Å². The Morgan fingerprint density at radius 1 is 1.24 bits per heavy atom. The van der Waals surface area contributed by atoms with E-state index in [0.717, 1.165) is 23.6 Å². The van der Waals surface area contributed by atoms with Crippen LogP contribution in [0.15, 0.2) is 4.42 Å². The summed E-state index contributed by atoms with van der Waals surface area (Å²) in [6.45, 7) is 4.92. The molecule has 1 N–H and O–H groups in total. The topological polar surface area (TPSA) is 51.0 Å². The average molecular weight is 235 g/mol. The maximum Gasteiger partial charge on any atom is 0.230 e. The molecule has 4 nitrogen and oxygen atoms in total. The van der Waals surface area contributed by atoms with Gasteiger partial charge in [0.05, 0.1) is 6.54 Å². The largest absolute Gasteiger partial charge is 0.424 e. The van der Waals surface area contributed by atoms with Gasteiger partial charge in [0.1, 0.15) is 0 Å². The molecule has 0 aliphatic heterocycles. The summed E-state index contributed by atoms with van der Waals surface area (Å²) in [6.07, 6.45) is 5.48. The molecular formula is C13H21N3O. The molecule has 17 heavy (non-hydrogen) atoms. The lowest BCUT2D eigenvalue weighted by molar-refractivity contribution is 0.416. The molecule has 2 unspecified atom stereocenters. The zero-order chi connectivity index (χ0) is 11.8. The summed E-state index contributed by atoms with van der Waals surface area (Å²) in [5, 5.41) is 11.7. The van der Waals surface area contributed by atoms with Crippen LogP contribution < -0.4 is 5.32 Å². The maximum atomic E-state index is 5.77. The second-order valence-electron chi connectivity index (χ2n) is 5.71. The highest BCUT2D eigenvalue weighted by molar-refractivity contribution is 5.14. The van der Waals surface area contributed by atoms with Crippen LogP contribution >= 0.6 is 0 Å². The second-order valence-corrected chi connectivity index (χ2v) is 5.71. The van der Waals surface area contributed by atoms with Crippen LogP contribution in [0, 0.1) is 11.8 Å². The van der Waals surface area contributed by atoms with Crippen LogP contribution in [0.5, 0.6) is 0 Å². The summed E-state index contributed by atoms with van der Waals surface area (Å²) >= 11 is 0. The molecule has 2 fully saturated rings. The van der Waals surface area contributed by atoms with Crippen molar-refractivity contribution in [2.75, 3.05) is 0 Å². The van der Waals surface area contributed by atoms with E-state index in [4.69, 9.17) is 4.42 Å². The molecule has 1 aromatic heterocycles. The Morgan fingerprint density at radius 3 is 2.59 bits per heavy atom. The summed E-state index contributed by atoms with van der Waals surface area (Å²) in [5.41, 5.74) is 0. The van der Waals surface area contributed by atoms with Crippen LogP contribution in [-0.4, -0.2) is 16.2 Å². The van der Waals surface area contributed by atoms with Gasteiger partial charge in [0.15, 0.2) is 0 Å². The Kier molecular flexibility index (Phi) is 2.90. The summed E-state index contributed by atoms with van der Waals surface area (Å²) < 4.78 is 5.77. The molecule has 0 aromatic carbocycles. The van der Waals surface area contributed by atoms with Crippen LogP contribution in [0.3, 0.4) is 0 Å². The van der Waals surface area contributed by atoms with Gasteiger partial charge in [-0.05, 0) is 24.7 Å². The van der Waals surface area contributed by atoms with E-state index >= 15 is 0 Å². The van der Waals surface area contributed by atoms with Crippen LogP contribution in [0.4, 0.5) is 0 Å². The fourth-order valence-corrected chi connectivity index (χ4v) is 3.12. The molecule has 0 amide bonds. The monoisotopic (exact) mass is 235 g/mol. The van der Waals surface area contributed by atoms with E-state index in [1.165, 1.54) is 25.7 Å². The third-order valence-corrected chi connectivity index (χ3v) is 4.09. The first-order valence-electron chi connectivity index (χ1n) is 6.81. The normalized spacial score (nSPS) is 31.6. The molecule has 0 radical (unpaired) electrons. The molecule has 1 aromatic rings. The Hall–Kier alpha value is -0.900. The van der Waals surface area contributed by atoms with Crippen molar-refractivity contribution in [3.8, 4) is 0 Å². The standard InChI is InChI=1S/C13H21N3O/c1-8(2)14-7-11-15-16-13(17-11)12-9-5-3-4-6-10(9)12/h8-10,12,14H,3-7H2,1-2H3. The molecule has 94 valence electrons. The van der Waals surface area contributed by atoms with E-state index < -0.39 is 0 Å². The van der Waals surface area contributed by atoms with E-state index in [-0.39, 0.29) is 0 Å². The van der Waals surface area contributed by atoms with Crippen molar-refractivity contribution in [3.05, 3.63) is 11.8 Å². The molecule has 4 heteroatoms. The lowest BCUT2D eigenvalue weighted by Gasteiger charge is -2.04. The summed E-state index contributed by atoms with van der Waals surface area (Å²) in [5.74, 6) is 3.89. The van der Waals surface area contributed by atoms with Gasteiger partial charge in [0.2, 0.25) is 11.8 Å². The Bertz CT molecular complexity index is 376. The lowest BCUT2D eigenvalue weighted by atomic mass is 10.0. The van der Waals surface area contributed by atoms with Crippen molar-refractivity contribution in [2.45, 2.75) is 58.0 Å². The second kappa shape index (κ2) is 4.41. The molecule has 1 heterocycles. The number of rotatable bonds is 4. The first kappa shape index (κ1) is 11.2. The first-order valence-corrected chi connectivity index (χ1v) is 6.81. The van der Waals surface area contributed by atoms with Gasteiger partial charge in [0.25, 0.3) is 0 Å². The number of aromatic nitrogens is 2. The Morgan fingerprint density at radius 2 is 1.94 bits per heavy atom. The van der Waals surface area contributed by atoms with Crippen LogP contribution in [0.1, 0.15) is 57.2 Å². The van der Waals surface area contributed by atoms with Gasteiger partial charge in [-0.1, -0.05) is 26.7 Å². The Labute approximate surface area is 102 Å². The number of nitrogens with zero attached hydrogens (tertiary/aromatic N) is 2. The van der Waals surface area contributed by atoms with Crippen molar-refractivity contribution in [1.29, 1.82) is 0 Å². The van der Waals surface area contributed by atoms with Crippen molar-refractivity contribution < 1.29 is 4.42 Å². The molecule has 0 saturated heterocycles. The lowest BCUT2D eigenvalue weighted by Crippen LogP contribution is -2.21. The third-order valence-electron chi connectivity index (χ3n) is 4.09. The minimum atomic E-state index is 0.453. The molecule has 2 atom stereocenters. The minimum Gasteiger partial charge on any atom is -0.424 e. The predicted molar refractivity (Wildman–Crippen MR) is 64.5 cm³/mol. The molecule has 2 aliphatic rings. The molecule has 0 spiro atoms. The van der Waals surface area contributed by atoms with E-state index in [1.54, 1.807) is 0 Å². The van der Waals surface area contributed by atoms with Crippen molar-refractivity contribution in [2.24, 2.45) is 11.8 Å². The maximum absolute atomic E-state index is 5.77. The SMILES string of the molecule is CC(C)NCc1nnc(C2C3CCCCC32)o1. The highest BCUT2D eigenvalue weighted by Gasteiger charge is 2.54. The van der Waals surface area contributed by atoms with Crippen molar-refractivity contribution in [1.82, 2.24) is 15.5 Å². The van der Waals surface area contributed by atoms with Crippen LogP contribution in [0.25, 0.3) is 0 Å². The van der Waals surface area contributed by atoms with Gasteiger partial charge >= 0.3 is 0 Å². The quantitative estimate of drug-likeness (QED) is 0.871. The van der Waals surface area contributed by atoms with Gasteiger partial charge in [-0.15, -0.1) is 10.2 Å². The van der Waals surface area contributed by atoms with E-state index in [0.29, 0.717) is 18.5 Å². The van der Waals surface area contributed by atoms with E-state index in [9.17, 15) is 0 Å². The van der Waals surface area contributed by atoms with E-state index in [2.05, 4.69) is 29.4 Å². The predicted octanol–water partition coefficient (Wildman–Crippen LogP) is 2.47. The zero-order valence-electron chi connectivity index (χ0n) is 10.6. The Balaban J connectivity index is 1.61. The zero-order valence-corrected chi connectivity index (χ0v) is 10.6. The summed E-state index contributed by atoms with van der Waals surface area (Å²) in [4.78, 5) is 0. The van der Waals surface area contributed by atoms with Gasteiger partial charge in [0, 0.05) is 12.0 Å². The average Bonchev–Trinajstić information content (AvgIpc) is 2.87.